The van der Waals surface area contributed by atoms with Gasteiger partial charge in [-0.05, 0) is 43.5 Å². The van der Waals surface area contributed by atoms with E-state index >= 15 is 0 Å². The van der Waals surface area contributed by atoms with Crippen LogP contribution in [0.15, 0.2) is 24.3 Å². The first kappa shape index (κ1) is 20.9. The number of nitrogens with one attached hydrogen (secondary N) is 2. The normalized spacial score (nSPS) is 17.3. The number of hydrogen-bond acceptors (Lipinski definition) is 3. The Kier molecular flexibility index (Phi) is 6.99. The van der Waals surface area contributed by atoms with E-state index in [1.54, 1.807) is 29.2 Å². The predicted molar refractivity (Wildman–Crippen MR) is 106 cm³/mol. The molecule has 0 bridgehead atoms. The Morgan fingerprint density at radius 3 is 2.41 bits per heavy atom. The number of anilines is 1. The highest BCUT2D eigenvalue weighted by atomic mass is 16.2. The van der Waals surface area contributed by atoms with E-state index in [1.807, 2.05) is 27.7 Å². The molecular weight excluding hydrogens is 342 g/mol. The minimum absolute atomic E-state index is 0.0791. The summed E-state index contributed by atoms with van der Waals surface area (Å²) in [5, 5.41) is 5.73. The molecule has 27 heavy (non-hydrogen) atoms. The molecule has 148 valence electrons. The number of benzene rings is 1. The summed E-state index contributed by atoms with van der Waals surface area (Å²) in [5.74, 6) is -0.317. The lowest BCUT2D eigenvalue weighted by Gasteiger charge is -2.35. The fourth-order valence-corrected chi connectivity index (χ4v) is 3.14. The zero-order valence-electron chi connectivity index (χ0n) is 16.8. The molecule has 2 N–H and O–H groups in total. The van der Waals surface area contributed by atoms with E-state index in [0.717, 1.165) is 19.3 Å². The average molecular weight is 373 g/mol. The molecule has 1 unspecified atom stereocenters. The highest BCUT2D eigenvalue weighted by molar-refractivity contribution is 5.96. The van der Waals surface area contributed by atoms with E-state index in [0.29, 0.717) is 30.9 Å². The summed E-state index contributed by atoms with van der Waals surface area (Å²) in [4.78, 5) is 38.8. The van der Waals surface area contributed by atoms with Crippen molar-refractivity contribution in [3.63, 3.8) is 0 Å². The molecule has 1 aliphatic heterocycles. The predicted octanol–water partition coefficient (Wildman–Crippen LogP) is 3.05. The van der Waals surface area contributed by atoms with Crippen LogP contribution >= 0.6 is 0 Å². The minimum atomic E-state index is -0.438. The molecule has 1 aromatic carbocycles. The molecule has 1 fully saturated rings. The largest absolute Gasteiger partial charge is 0.352 e. The Morgan fingerprint density at radius 2 is 1.81 bits per heavy atom. The lowest BCUT2D eigenvalue weighted by Crippen LogP contribution is -2.47. The zero-order valence-corrected chi connectivity index (χ0v) is 16.8. The van der Waals surface area contributed by atoms with Gasteiger partial charge in [0.1, 0.15) is 0 Å². The topological polar surface area (TPSA) is 78.5 Å². The van der Waals surface area contributed by atoms with Gasteiger partial charge in [0, 0.05) is 36.3 Å². The lowest BCUT2D eigenvalue weighted by molar-refractivity contribution is -0.142. The smallest absolute Gasteiger partial charge is 0.251 e. The van der Waals surface area contributed by atoms with Crippen LogP contribution in [0.2, 0.25) is 0 Å². The Hall–Kier alpha value is -2.37. The summed E-state index contributed by atoms with van der Waals surface area (Å²) in [5.41, 5.74) is 0.791. The molecule has 3 amide bonds. The van der Waals surface area contributed by atoms with Gasteiger partial charge in [-0.15, -0.1) is 0 Å². The van der Waals surface area contributed by atoms with E-state index in [4.69, 9.17) is 0 Å². The van der Waals surface area contributed by atoms with Crippen molar-refractivity contribution in [3.8, 4) is 0 Å². The number of carbonyl (C=O) groups excluding carboxylic acids is 3. The number of rotatable bonds is 5. The van der Waals surface area contributed by atoms with Gasteiger partial charge in [-0.3, -0.25) is 14.4 Å². The van der Waals surface area contributed by atoms with Gasteiger partial charge < -0.3 is 15.5 Å². The van der Waals surface area contributed by atoms with Crippen molar-refractivity contribution in [3.05, 3.63) is 29.8 Å². The number of amides is 3. The van der Waals surface area contributed by atoms with Gasteiger partial charge in [0.15, 0.2) is 0 Å². The summed E-state index contributed by atoms with van der Waals surface area (Å²) in [6, 6.07) is 6.88. The van der Waals surface area contributed by atoms with Crippen molar-refractivity contribution in [1.82, 2.24) is 10.2 Å². The highest BCUT2D eigenvalue weighted by Crippen LogP contribution is 2.24. The van der Waals surface area contributed by atoms with E-state index in [9.17, 15) is 14.4 Å². The Labute approximate surface area is 161 Å². The lowest BCUT2D eigenvalue weighted by atomic mass is 9.91. The molecule has 6 nitrogen and oxygen atoms in total. The van der Waals surface area contributed by atoms with Crippen LogP contribution in [0.3, 0.4) is 0 Å². The maximum absolute atomic E-state index is 12.6. The van der Waals surface area contributed by atoms with Gasteiger partial charge >= 0.3 is 0 Å². The van der Waals surface area contributed by atoms with Crippen molar-refractivity contribution in [2.45, 2.75) is 47.0 Å². The van der Waals surface area contributed by atoms with Crippen LogP contribution in [-0.2, 0) is 9.59 Å². The monoisotopic (exact) mass is 373 g/mol. The van der Waals surface area contributed by atoms with E-state index in [2.05, 4.69) is 10.6 Å². The van der Waals surface area contributed by atoms with Gasteiger partial charge in [0.2, 0.25) is 11.8 Å². The number of likely N-dealkylation sites (tertiary alicyclic amines) is 1. The molecule has 2 rings (SSSR count). The van der Waals surface area contributed by atoms with Gasteiger partial charge in [-0.1, -0.05) is 27.7 Å². The first-order chi connectivity index (χ1) is 12.7. The fourth-order valence-electron chi connectivity index (χ4n) is 3.14. The molecule has 1 aliphatic rings. The Balaban J connectivity index is 1.94. The van der Waals surface area contributed by atoms with Crippen molar-refractivity contribution < 1.29 is 14.4 Å². The van der Waals surface area contributed by atoms with Crippen LogP contribution in [0.4, 0.5) is 5.69 Å². The van der Waals surface area contributed by atoms with Crippen molar-refractivity contribution in [1.29, 1.82) is 0 Å². The second kappa shape index (κ2) is 9.02. The molecule has 0 spiro atoms. The summed E-state index contributed by atoms with van der Waals surface area (Å²) in [6.45, 7) is 9.51. The number of piperidine rings is 1. The maximum atomic E-state index is 12.6. The summed E-state index contributed by atoms with van der Waals surface area (Å²) >= 11 is 0. The van der Waals surface area contributed by atoms with Crippen LogP contribution < -0.4 is 10.6 Å². The van der Waals surface area contributed by atoms with E-state index < -0.39 is 5.41 Å². The summed E-state index contributed by atoms with van der Waals surface area (Å²) in [6.07, 6.45) is 2.49. The summed E-state index contributed by atoms with van der Waals surface area (Å²) in [7, 11) is 0. The number of hydrogen-bond donors (Lipinski definition) is 2. The third-order valence-electron chi connectivity index (χ3n) is 4.67. The molecule has 1 heterocycles. The van der Waals surface area contributed by atoms with Crippen molar-refractivity contribution in [2.75, 3.05) is 25.0 Å². The first-order valence-corrected chi connectivity index (χ1v) is 9.71. The molecule has 0 saturated carbocycles. The number of carbonyl (C=O) groups is 3. The summed E-state index contributed by atoms with van der Waals surface area (Å²) < 4.78 is 0. The Bertz CT molecular complexity index is 677. The van der Waals surface area contributed by atoms with Gasteiger partial charge in [0.05, 0.1) is 5.92 Å². The quantitative estimate of drug-likeness (QED) is 0.833. The van der Waals surface area contributed by atoms with Gasteiger partial charge in [-0.25, -0.2) is 0 Å². The molecule has 0 radical (unpaired) electrons. The fraction of sp³-hybridized carbons (Fsp3) is 0.571. The number of nitrogens with zero attached hydrogens (tertiary/aromatic N) is 1. The first-order valence-electron chi connectivity index (χ1n) is 9.71. The van der Waals surface area contributed by atoms with Crippen molar-refractivity contribution >= 4 is 23.4 Å². The maximum Gasteiger partial charge on any atom is 0.251 e. The van der Waals surface area contributed by atoms with E-state index in [1.165, 1.54) is 0 Å². The van der Waals surface area contributed by atoms with Crippen LogP contribution in [0.1, 0.15) is 57.3 Å². The molecule has 0 aromatic heterocycles. The van der Waals surface area contributed by atoms with Gasteiger partial charge in [-0.2, -0.15) is 0 Å². The van der Waals surface area contributed by atoms with E-state index in [-0.39, 0.29) is 23.6 Å². The van der Waals surface area contributed by atoms with Crippen molar-refractivity contribution in [2.24, 2.45) is 11.3 Å². The molecule has 1 saturated heterocycles. The van der Waals surface area contributed by atoms with Crippen LogP contribution in [0.5, 0.6) is 0 Å². The third kappa shape index (κ3) is 5.81. The van der Waals surface area contributed by atoms with Crippen LogP contribution in [-0.4, -0.2) is 42.3 Å². The minimum Gasteiger partial charge on any atom is -0.352 e. The highest BCUT2D eigenvalue weighted by Gasteiger charge is 2.33. The molecule has 0 aliphatic carbocycles. The third-order valence-corrected chi connectivity index (χ3v) is 4.67. The molecule has 6 heteroatoms. The Morgan fingerprint density at radius 1 is 1.15 bits per heavy atom. The second-order valence-electron chi connectivity index (χ2n) is 8.16. The van der Waals surface area contributed by atoms with Crippen LogP contribution in [0.25, 0.3) is 0 Å². The zero-order chi connectivity index (χ0) is 20.0. The van der Waals surface area contributed by atoms with Gasteiger partial charge in [0.25, 0.3) is 5.91 Å². The average Bonchev–Trinajstić information content (AvgIpc) is 2.65. The second-order valence-corrected chi connectivity index (χ2v) is 8.16. The SMILES string of the molecule is CCCNC(=O)c1ccc(NC(=O)C2CCCN(C(=O)C(C)(C)C)C2)cc1. The molecule has 1 atom stereocenters. The van der Waals surface area contributed by atoms with Crippen LogP contribution in [0, 0.1) is 11.3 Å². The molecule has 1 aromatic rings. The molecular formula is C21H31N3O3. The standard InChI is InChI=1S/C21H31N3O3/c1-5-12-22-18(25)15-8-10-17(11-9-15)23-19(26)16-7-6-13-24(14-16)20(27)21(2,3)4/h8-11,16H,5-7,12-14H2,1-4H3,(H,22,25)(H,23,26).